The minimum absolute atomic E-state index is 0.168. The molecule has 6 heteroatoms. The van der Waals surface area contributed by atoms with Crippen LogP contribution in [0.5, 0.6) is 0 Å². The van der Waals surface area contributed by atoms with Gasteiger partial charge in [-0.3, -0.25) is 4.79 Å². The van der Waals surface area contributed by atoms with Crippen molar-refractivity contribution in [1.29, 1.82) is 0 Å². The van der Waals surface area contributed by atoms with E-state index >= 15 is 0 Å². The summed E-state index contributed by atoms with van der Waals surface area (Å²) in [6.07, 6.45) is 0.981. The SMILES string of the molecule is CC1(C)[C@@H](C(=O)Nc2nc3ccccc3s2)CC[C@@]1(C)C(=O)[O-]. The smallest absolute Gasteiger partial charge is 0.229 e. The van der Waals surface area contributed by atoms with Crippen LogP contribution < -0.4 is 10.4 Å². The first-order valence-corrected chi connectivity index (χ1v) is 8.45. The molecule has 0 saturated heterocycles. The number of aliphatic carboxylic acids is 1. The third kappa shape index (κ3) is 2.41. The number of fused-ring (bicyclic) bond motifs is 1. The van der Waals surface area contributed by atoms with Crippen molar-refractivity contribution < 1.29 is 14.7 Å². The molecule has 1 fully saturated rings. The third-order valence-corrected chi connectivity index (χ3v) is 6.47. The highest BCUT2D eigenvalue weighted by Gasteiger charge is 2.54. The number of benzene rings is 1. The van der Waals surface area contributed by atoms with E-state index in [0.29, 0.717) is 18.0 Å². The fraction of sp³-hybridized carbons (Fsp3) is 0.471. The molecule has 1 heterocycles. The van der Waals surface area contributed by atoms with Crippen LogP contribution >= 0.6 is 11.3 Å². The Kier molecular flexibility index (Phi) is 3.67. The van der Waals surface area contributed by atoms with Crippen molar-refractivity contribution >= 4 is 38.6 Å². The summed E-state index contributed by atoms with van der Waals surface area (Å²) >= 11 is 1.42. The van der Waals surface area contributed by atoms with E-state index in [-0.39, 0.29) is 11.8 Å². The number of para-hydroxylation sites is 1. The molecule has 1 aromatic heterocycles. The third-order valence-electron chi connectivity index (χ3n) is 5.52. The average molecular weight is 331 g/mol. The molecular formula is C17H19N2O3S-. The van der Waals surface area contributed by atoms with Crippen LogP contribution in [-0.2, 0) is 9.59 Å². The highest BCUT2D eigenvalue weighted by atomic mass is 32.1. The van der Waals surface area contributed by atoms with Gasteiger partial charge in [0.25, 0.3) is 0 Å². The first-order chi connectivity index (χ1) is 10.8. The monoisotopic (exact) mass is 331 g/mol. The van der Waals surface area contributed by atoms with E-state index < -0.39 is 16.8 Å². The molecule has 3 rings (SSSR count). The van der Waals surface area contributed by atoms with Gasteiger partial charge in [0, 0.05) is 17.3 Å². The predicted molar refractivity (Wildman–Crippen MR) is 87.9 cm³/mol. The lowest BCUT2D eigenvalue weighted by Gasteiger charge is -2.41. The summed E-state index contributed by atoms with van der Waals surface area (Å²) in [6.45, 7) is 5.34. The summed E-state index contributed by atoms with van der Waals surface area (Å²) in [5, 5.41) is 14.9. The van der Waals surface area contributed by atoms with Crippen LogP contribution in [0.2, 0.25) is 0 Å². The molecule has 1 N–H and O–H groups in total. The average Bonchev–Trinajstić information content (AvgIpc) is 2.98. The van der Waals surface area contributed by atoms with Crippen LogP contribution in [0, 0.1) is 16.7 Å². The van der Waals surface area contributed by atoms with Crippen LogP contribution in [0.1, 0.15) is 33.6 Å². The molecule has 2 atom stereocenters. The van der Waals surface area contributed by atoms with Gasteiger partial charge < -0.3 is 15.2 Å². The van der Waals surface area contributed by atoms with E-state index in [1.807, 2.05) is 38.1 Å². The number of nitrogens with zero attached hydrogens (tertiary/aromatic N) is 1. The lowest BCUT2D eigenvalue weighted by Crippen LogP contribution is -2.49. The Hall–Kier alpha value is -1.95. The molecular weight excluding hydrogens is 312 g/mol. The van der Waals surface area contributed by atoms with Gasteiger partial charge in [-0.05, 0) is 30.4 Å². The van der Waals surface area contributed by atoms with Gasteiger partial charge in [-0.1, -0.05) is 44.2 Å². The Morgan fingerprint density at radius 2 is 2.00 bits per heavy atom. The molecule has 0 aliphatic heterocycles. The molecule has 1 aromatic carbocycles. The van der Waals surface area contributed by atoms with Crippen molar-refractivity contribution in [3.63, 3.8) is 0 Å². The van der Waals surface area contributed by atoms with Crippen molar-refractivity contribution in [2.24, 2.45) is 16.7 Å². The normalized spacial score (nSPS) is 26.3. The number of aromatic nitrogens is 1. The number of carbonyl (C=O) groups excluding carboxylic acids is 2. The maximum absolute atomic E-state index is 12.7. The number of anilines is 1. The van der Waals surface area contributed by atoms with Gasteiger partial charge in [-0.15, -0.1) is 0 Å². The number of hydrogen-bond acceptors (Lipinski definition) is 5. The number of hydrogen-bond donors (Lipinski definition) is 1. The van der Waals surface area contributed by atoms with E-state index in [4.69, 9.17) is 0 Å². The van der Waals surface area contributed by atoms with Crippen LogP contribution in [-0.4, -0.2) is 16.9 Å². The quantitative estimate of drug-likeness (QED) is 0.936. The number of thiazole rings is 1. The molecule has 0 radical (unpaired) electrons. The second-order valence-electron chi connectivity index (χ2n) is 6.91. The Morgan fingerprint density at radius 3 is 2.61 bits per heavy atom. The van der Waals surface area contributed by atoms with Crippen LogP contribution in [0.3, 0.4) is 0 Å². The van der Waals surface area contributed by atoms with Gasteiger partial charge in [0.1, 0.15) is 0 Å². The predicted octanol–water partition coefficient (Wildman–Crippen LogP) is 2.43. The first-order valence-electron chi connectivity index (χ1n) is 7.63. The Labute approximate surface area is 138 Å². The summed E-state index contributed by atoms with van der Waals surface area (Å²) in [5.74, 6) is -1.63. The molecule has 0 bridgehead atoms. The number of carboxylic acids is 1. The van der Waals surface area contributed by atoms with Crippen molar-refractivity contribution in [1.82, 2.24) is 4.98 Å². The Morgan fingerprint density at radius 1 is 1.30 bits per heavy atom. The molecule has 1 aliphatic carbocycles. The minimum atomic E-state index is -1.09. The van der Waals surface area contributed by atoms with Crippen molar-refractivity contribution in [2.75, 3.05) is 5.32 Å². The highest BCUT2D eigenvalue weighted by molar-refractivity contribution is 7.22. The van der Waals surface area contributed by atoms with Crippen LogP contribution in [0.25, 0.3) is 10.2 Å². The zero-order valence-corrected chi connectivity index (χ0v) is 14.2. The lowest BCUT2D eigenvalue weighted by molar-refractivity contribution is -0.323. The van der Waals surface area contributed by atoms with Gasteiger partial charge in [0.05, 0.1) is 10.2 Å². The number of carbonyl (C=O) groups is 2. The zero-order valence-electron chi connectivity index (χ0n) is 13.4. The van der Waals surface area contributed by atoms with Crippen molar-refractivity contribution in [2.45, 2.75) is 33.6 Å². The second-order valence-corrected chi connectivity index (χ2v) is 7.94. The standard InChI is InChI=1S/C17H20N2O3S/c1-16(2)10(8-9-17(16,3)14(21)22)13(20)19-15-18-11-6-4-5-7-12(11)23-15/h4-7,10H,8-9H2,1-3H3,(H,21,22)(H,18,19,20)/p-1/t10-,17+/m1/s1. The van der Waals surface area contributed by atoms with Gasteiger partial charge in [0.2, 0.25) is 5.91 Å². The minimum Gasteiger partial charge on any atom is -0.550 e. The molecule has 1 amide bonds. The van der Waals surface area contributed by atoms with E-state index in [0.717, 1.165) is 10.2 Å². The van der Waals surface area contributed by atoms with Crippen molar-refractivity contribution in [3.05, 3.63) is 24.3 Å². The first kappa shape index (κ1) is 15.9. The molecule has 23 heavy (non-hydrogen) atoms. The second kappa shape index (κ2) is 5.30. The number of carboxylic acid groups (broad SMARTS) is 1. The lowest BCUT2D eigenvalue weighted by atomic mass is 9.65. The molecule has 0 spiro atoms. The fourth-order valence-corrected chi connectivity index (χ4v) is 4.31. The summed E-state index contributed by atoms with van der Waals surface area (Å²) in [5.41, 5.74) is -0.826. The van der Waals surface area contributed by atoms with Crippen LogP contribution in [0.4, 0.5) is 5.13 Å². The Bertz CT molecular complexity index is 750. The summed E-state index contributed by atoms with van der Waals surface area (Å²) in [6, 6.07) is 7.68. The van der Waals surface area contributed by atoms with Gasteiger partial charge >= 0.3 is 0 Å². The molecule has 0 unspecified atom stereocenters. The Balaban J connectivity index is 1.82. The molecule has 2 aromatic rings. The van der Waals surface area contributed by atoms with E-state index in [1.165, 1.54) is 11.3 Å². The fourth-order valence-electron chi connectivity index (χ4n) is 3.44. The molecule has 122 valence electrons. The summed E-state index contributed by atoms with van der Waals surface area (Å²) in [7, 11) is 0. The van der Waals surface area contributed by atoms with E-state index in [9.17, 15) is 14.7 Å². The van der Waals surface area contributed by atoms with Gasteiger partial charge in [-0.25, -0.2) is 4.98 Å². The summed E-state index contributed by atoms with van der Waals surface area (Å²) < 4.78 is 1.01. The number of rotatable bonds is 3. The summed E-state index contributed by atoms with van der Waals surface area (Å²) in [4.78, 5) is 28.6. The topological polar surface area (TPSA) is 82.1 Å². The molecule has 5 nitrogen and oxygen atoms in total. The number of amides is 1. The maximum Gasteiger partial charge on any atom is 0.229 e. The zero-order chi connectivity index (χ0) is 16.8. The maximum atomic E-state index is 12.7. The largest absolute Gasteiger partial charge is 0.550 e. The van der Waals surface area contributed by atoms with E-state index in [2.05, 4.69) is 10.3 Å². The van der Waals surface area contributed by atoms with Crippen LogP contribution in [0.15, 0.2) is 24.3 Å². The van der Waals surface area contributed by atoms with Gasteiger partial charge in [-0.2, -0.15) is 0 Å². The highest BCUT2D eigenvalue weighted by Crippen LogP contribution is 2.55. The molecule has 1 saturated carbocycles. The van der Waals surface area contributed by atoms with Crippen molar-refractivity contribution in [3.8, 4) is 0 Å². The number of nitrogens with one attached hydrogen (secondary N) is 1. The van der Waals surface area contributed by atoms with E-state index in [1.54, 1.807) is 6.92 Å². The molecule has 1 aliphatic rings. The van der Waals surface area contributed by atoms with Gasteiger partial charge in [0.15, 0.2) is 5.13 Å².